The van der Waals surface area contributed by atoms with Crippen LogP contribution in [-0.4, -0.2) is 5.24 Å². The lowest BCUT2D eigenvalue weighted by Crippen LogP contribution is -1.98. The molecule has 0 aliphatic carbocycles. The SMILES string of the molecule is CC/C=C\[C@H](C)C(=O)Cl. The maximum absolute atomic E-state index is 10.4. The van der Waals surface area contributed by atoms with Gasteiger partial charge in [-0.05, 0) is 18.0 Å². The lowest BCUT2D eigenvalue weighted by molar-refractivity contribution is -0.113. The zero-order chi connectivity index (χ0) is 7.28. The molecule has 0 amide bonds. The van der Waals surface area contributed by atoms with Gasteiger partial charge in [0.1, 0.15) is 0 Å². The van der Waals surface area contributed by atoms with Crippen LogP contribution in [0.15, 0.2) is 12.2 Å². The highest BCUT2D eigenvalue weighted by molar-refractivity contribution is 6.64. The lowest BCUT2D eigenvalue weighted by Gasteiger charge is -1.94. The summed E-state index contributed by atoms with van der Waals surface area (Å²) in [4.78, 5) is 10.4. The van der Waals surface area contributed by atoms with E-state index in [1.807, 2.05) is 19.1 Å². The van der Waals surface area contributed by atoms with Gasteiger partial charge in [0.05, 0.1) is 0 Å². The molecule has 0 saturated carbocycles. The van der Waals surface area contributed by atoms with Crippen molar-refractivity contribution in [2.75, 3.05) is 0 Å². The molecule has 0 rings (SSSR count). The van der Waals surface area contributed by atoms with Crippen LogP contribution in [-0.2, 0) is 4.79 Å². The zero-order valence-corrected chi connectivity index (χ0v) is 6.48. The van der Waals surface area contributed by atoms with Crippen molar-refractivity contribution in [3.8, 4) is 0 Å². The highest BCUT2D eigenvalue weighted by Gasteiger charge is 2.02. The minimum Gasteiger partial charge on any atom is -0.281 e. The fraction of sp³-hybridized carbons (Fsp3) is 0.571. The molecule has 52 valence electrons. The van der Waals surface area contributed by atoms with Gasteiger partial charge >= 0.3 is 0 Å². The van der Waals surface area contributed by atoms with Crippen LogP contribution in [0.5, 0.6) is 0 Å². The van der Waals surface area contributed by atoms with Crippen LogP contribution in [0.1, 0.15) is 20.3 Å². The molecule has 0 aliphatic heterocycles. The Bertz CT molecular complexity index is 118. The first-order valence-electron chi connectivity index (χ1n) is 3.04. The van der Waals surface area contributed by atoms with Gasteiger partial charge in [-0.1, -0.05) is 26.0 Å². The zero-order valence-electron chi connectivity index (χ0n) is 5.73. The third-order valence-electron chi connectivity index (χ3n) is 1.02. The third kappa shape index (κ3) is 4.22. The van der Waals surface area contributed by atoms with Crippen LogP contribution >= 0.6 is 11.6 Å². The molecule has 0 fully saturated rings. The third-order valence-corrected chi connectivity index (χ3v) is 1.36. The van der Waals surface area contributed by atoms with E-state index < -0.39 is 0 Å². The standard InChI is InChI=1S/C7H11ClO/c1-3-4-5-6(2)7(8)9/h4-6H,3H2,1-2H3/b5-4-/t6-/m0/s1. The maximum atomic E-state index is 10.4. The fourth-order valence-corrected chi connectivity index (χ4v) is 0.489. The van der Waals surface area contributed by atoms with E-state index in [-0.39, 0.29) is 11.2 Å². The molecule has 0 aliphatic rings. The van der Waals surface area contributed by atoms with E-state index in [0.717, 1.165) is 6.42 Å². The van der Waals surface area contributed by atoms with Gasteiger partial charge in [0, 0.05) is 5.92 Å². The summed E-state index contributed by atoms with van der Waals surface area (Å²) < 4.78 is 0. The van der Waals surface area contributed by atoms with Crippen molar-refractivity contribution >= 4 is 16.8 Å². The first-order chi connectivity index (χ1) is 4.18. The van der Waals surface area contributed by atoms with Gasteiger partial charge in [-0.15, -0.1) is 0 Å². The van der Waals surface area contributed by atoms with Gasteiger partial charge in [0.2, 0.25) is 5.24 Å². The molecule has 1 atom stereocenters. The molecular weight excluding hydrogens is 136 g/mol. The molecule has 0 aromatic heterocycles. The van der Waals surface area contributed by atoms with Gasteiger partial charge in [-0.2, -0.15) is 0 Å². The number of hydrogen-bond acceptors (Lipinski definition) is 1. The van der Waals surface area contributed by atoms with Gasteiger partial charge < -0.3 is 0 Å². The predicted molar refractivity (Wildman–Crippen MR) is 39.5 cm³/mol. The minimum atomic E-state index is -0.292. The molecule has 1 nitrogen and oxygen atoms in total. The second kappa shape index (κ2) is 4.57. The Morgan fingerprint density at radius 3 is 2.67 bits per heavy atom. The van der Waals surface area contributed by atoms with E-state index in [2.05, 4.69) is 0 Å². The summed E-state index contributed by atoms with van der Waals surface area (Å²) in [7, 11) is 0. The molecule has 0 N–H and O–H groups in total. The van der Waals surface area contributed by atoms with Gasteiger partial charge in [0.15, 0.2) is 0 Å². The van der Waals surface area contributed by atoms with Crippen molar-refractivity contribution in [2.45, 2.75) is 20.3 Å². The first kappa shape index (κ1) is 8.70. The first-order valence-corrected chi connectivity index (χ1v) is 3.42. The van der Waals surface area contributed by atoms with Crippen LogP contribution < -0.4 is 0 Å². The minimum absolute atomic E-state index is 0.133. The van der Waals surface area contributed by atoms with Crippen molar-refractivity contribution in [3.63, 3.8) is 0 Å². The van der Waals surface area contributed by atoms with Crippen LogP contribution in [0.3, 0.4) is 0 Å². The number of carbonyl (C=O) groups excluding carboxylic acids is 1. The average molecular weight is 147 g/mol. The Kier molecular flexibility index (Phi) is 4.41. The van der Waals surface area contributed by atoms with E-state index in [1.54, 1.807) is 6.92 Å². The topological polar surface area (TPSA) is 17.1 Å². The van der Waals surface area contributed by atoms with Gasteiger partial charge in [0.25, 0.3) is 0 Å². The van der Waals surface area contributed by atoms with E-state index in [9.17, 15) is 4.79 Å². The predicted octanol–water partition coefficient (Wildman–Crippen LogP) is 2.35. The van der Waals surface area contributed by atoms with E-state index in [1.165, 1.54) is 0 Å². The summed E-state index contributed by atoms with van der Waals surface area (Å²) in [5, 5.41) is -0.292. The largest absolute Gasteiger partial charge is 0.281 e. The van der Waals surface area contributed by atoms with Crippen LogP contribution in [0.2, 0.25) is 0 Å². The number of rotatable bonds is 3. The molecule has 0 saturated heterocycles. The van der Waals surface area contributed by atoms with Crippen LogP contribution in [0, 0.1) is 5.92 Å². The smallest absolute Gasteiger partial charge is 0.228 e. The van der Waals surface area contributed by atoms with Crippen molar-refractivity contribution < 1.29 is 4.79 Å². The number of carbonyl (C=O) groups is 1. The summed E-state index contributed by atoms with van der Waals surface area (Å²) in [6, 6.07) is 0. The number of allylic oxidation sites excluding steroid dienone is 2. The lowest BCUT2D eigenvalue weighted by atomic mass is 10.2. The molecule has 0 heterocycles. The molecule has 0 spiro atoms. The molecule has 0 unspecified atom stereocenters. The Balaban J connectivity index is 3.62. The normalized spacial score (nSPS) is 14.1. The molecular formula is C7H11ClO. The second-order valence-electron chi connectivity index (χ2n) is 1.93. The number of hydrogen-bond donors (Lipinski definition) is 0. The molecule has 0 radical (unpaired) electrons. The summed E-state index contributed by atoms with van der Waals surface area (Å²) in [6.45, 7) is 3.80. The van der Waals surface area contributed by atoms with Crippen LogP contribution in [0.4, 0.5) is 0 Å². The molecule has 9 heavy (non-hydrogen) atoms. The molecule has 2 heteroatoms. The molecule has 0 aromatic rings. The average Bonchev–Trinajstić information content (AvgIpc) is 1.82. The Morgan fingerprint density at radius 1 is 1.78 bits per heavy atom. The van der Waals surface area contributed by atoms with E-state index >= 15 is 0 Å². The van der Waals surface area contributed by atoms with E-state index in [4.69, 9.17) is 11.6 Å². The summed E-state index contributed by atoms with van der Waals surface area (Å²) in [6.07, 6.45) is 4.70. The number of halogens is 1. The monoisotopic (exact) mass is 146 g/mol. The highest BCUT2D eigenvalue weighted by Crippen LogP contribution is 2.02. The second-order valence-corrected chi connectivity index (χ2v) is 2.30. The van der Waals surface area contributed by atoms with Crippen molar-refractivity contribution in [1.29, 1.82) is 0 Å². The quantitative estimate of drug-likeness (QED) is 0.441. The maximum Gasteiger partial charge on any atom is 0.228 e. The van der Waals surface area contributed by atoms with E-state index in [0.29, 0.717) is 0 Å². The fourth-order valence-electron chi connectivity index (χ4n) is 0.416. The molecule has 0 bridgehead atoms. The van der Waals surface area contributed by atoms with Crippen molar-refractivity contribution in [3.05, 3.63) is 12.2 Å². The van der Waals surface area contributed by atoms with Gasteiger partial charge in [-0.25, -0.2) is 0 Å². The van der Waals surface area contributed by atoms with Gasteiger partial charge in [-0.3, -0.25) is 4.79 Å². The van der Waals surface area contributed by atoms with Crippen molar-refractivity contribution in [1.82, 2.24) is 0 Å². The Labute approximate surface area is 60.7 Å². The Hall–Kier alpha value is -0.300. The summed E-state index contributed by atoms with van der Waals surface area (Å²) in [5.41, 5.74) is 0. The van der Waals surface area contributed by atoms with Crippen molar-refractivity contribution in [2.24, 2.45) is 5.92 Å². The highest BCUT2D eigenvalue weighted by atomic mass is 35.5. The summed E-state index contributed by atoms with van der Waals surface area (Å²) >= 11 is 5.17. The van der Waals surface area contributed by atoms with Crippen LogP contribution in [0.25, 0.3) is 0 Å². The summed E-state index contributed by atoms with van der Waals surface area (Å²) in [5.74, 6) is -0.133. The molecule has 0 aromatic carbocycles. The Morgan fingerprint density at radius 2 is 2.33 bits per heavy atom.